The summed E-state index contributed by atoms with van der Waals surface area (Å²) in [4.78, 5) is 2.18. The fourth-order valence-corrected chi connectivity index (χ4v) is 2.60. The molecule has 0 bridgehead atoms. The first-order valence-corrected chi connectivity index (χ1v) is 7.70. The van der Waals surface area contributed by atoms with E-state index in [4.69, 9.17) is 15.4 Å². The molecule has 0 N–H and O–H groups in total. The molecule has 1 aliphatic rings. The smallest absolute Gasteiger partial charge is 0.299 e. The van der Waals surface area contributed by atoms with Crippen molar-refractivity contribution in [1.29, 1.82) is 0 Å². The molecule has 5 nitrogen and oxygen atoms in total. The van der Waals surface area contributed by atoms with Crippen molar-refractivity contribution in [1.82, 2.24) is 9.21 Å². The van der Waals surface area contributed by atoms with E-state index >= 15 is 0 Å². The largest absolute Gasteiger partial charge is 0.377 e. The molecule has 0 aromatic carbocycles. The third-order valence-electron chi connectivity index (χ3n) is 2.50. The van der Waals surface area contributed by atoms with Crippen LogP contribution in [0.15, 0.2) is 0 Å². The number of nitrogens with zero attached hydrogens (tertiary/aromatic N) is 2. The normalized spacial score (nSPS) is 20.5. The Morgan fingerprint density at radius 1 is 1.25 bits per heavy atom. The first kappa shape index (κ1) is 14.2. The SMILES string of the molecule is CC(C)OCCN1CCN(S(=O)(=O)Cl)CC1. The minimum Gasteiger partial charge on any atom is -0.377 e. The third-order valence-corrected chi connectivity index (χ3v) is 4.07. The maximum absolute atomic E-state index is 11.0. The molecule has 96 valence electrons. The molecular formula is C9H19ClN2O3S. The van der Waals surface area contributed by atoms with Crippen LogP contribution in [-0.4, -0.2) is 63.1 Å². The minimum absolute atomic E-state index is 0.240. The van der Waals surface area contributed by atoms with E-state index < -0.39 is 9.24 Å². The summed E-state index contributed by atoms with van der Waals surface area (Å²) in [5.74, 6) is 0. The van der Waals surface area contributed by atoms with E-state index in [0.717, 1.165) is 6.54 Å². The first-order valence-electron chi connectivity index (χ1n) is 5.43. The maximum Gasteiger partial charge on any atom is 0.299 e. The van der Waals surface area contributed by atoms with Crippen LogP contribution in [0.1, 0.15) is 13.8 Å². The van der Waals surface area contributed by atoms with Crippen molar-refractivity contribution in [3.8, 4) is 0 Å². The summed E-state index contributed by atoms with van der Waals surface area (Å²) in [6.07, 6.45) is 0.240. The van der Waals surface area contributed by atoms with Crippen molar-refractivity contribution >= 4 is 19.9 Å². The second-order valence-electron chi connectivity index (χ2n) is 4.10. The molecule has 7 heteroatoms. The van der Waals surface area contributed by atoms with E-state index in [2.05, 4.69) is 4.90 Å². The van der Waals surface area contributed by atoms with E-state index in [1.165, 1.54) is 4.31 Å². The maximum atomic E-state index is 11.0. The Morgan fingerprint density at radius 3 is 2.25 bits per heavy atom. The number of ether oxygens (including phenoxy) is 1. The molecule has 0 aromatic heterocycles. The molecule has 1 aliphatic heterocycles. The van der Waals surface area contributed by atoms with Gasteiger partial charge in [-0.05, 0) is 13.8 Å². The summed E-state index contributed by atoms with van der Waals surface area (Å²) in [5.41, 5.74) is 0. The van der Waals surface area contributed by atoms with Crippen LogP contribution in [0.5, 0.6) is 0 Å². The van der Waals surface area contributed by atoms with Crippen molar-refractivity contribution < 1.29 is 13.2 Å². The molecule has 0 radical (unpaired) electrons. The average Bonchev–Trinajstić information content (AvgIpc) is 2.16. The molecule has 0 amide bonds. The van der Waals surface area contributed by atoms with Gasteiger partial charge in [-0.15, -0.1) is 0 Å². The highest BCUT2D eigenvalue weighted by molar-refractivity contribution is 8.11. The van der Waals surface area contributed by atoms with Gasteiger partial charge in [-0.25, -0.2) is 0 Å². The van der Waals surface area contributed by atoms with Gasteiger partial charge in [0.25, 0.3) is 9.24 Å². The highest BCUT2D eigenvalue weighted by Gasteiger charge is 2.24. The summed E-state index contributed by atoms with van der Waals surface area (Å²) < 4.78 is 28.8. The van der Waals surface area contributed by atoms with Crippen molar-refractivity contribution in [2.75, 3.05) is 39.3 Å². The number of rotatable bonds is 5. The van der Waals surface area contributed by atoms with Crippen LogP contribution in [0.25, 0.3) is 0 Å². The predicted molar refractivity (Wildman–Crippen MR) is 63.9 cm³/mol. The summed E-state index contributed by atoms with van der Waals surface area (Å²) in [6, 6.07) is 0. The number of hydrogen-bond donors (Lipinski definition) is 0. The van der Waals surface area contributed by atoms with Crippen molar-refractivity contribution in [2.24, 2.45) is 0 Å². The van der Waals surface area contributed by atoms with Crippen molar-refractivity contribution in [3.63, 3.8) is 0 Å². The molecule has 0 aliphatic carbocycles. The number of piperazine rings is 1. The summed E-state index contributed by atoms with van der Waals surface area (Å²) in [5, 5.41) is 0. The zero-order valence-electron chi connectivity index (χ0n) is 9.73. The fraction of sp³-hybridized carbons (Fsp3) is 1.00. The number of hydrogen-bond acceptors (Lipinski definition) is 4. The van der Waals surface area contributed by atoms with Crippen LogP contribution in [0, 0.1) is 0 Å². The number of halogens is 1. The Hall–Kier alpha value is 0.120. The van der Waals surface area contributed by atoms with Gasteiger partial charge in [0.2, 0.25) is 0 Å². The zero-order chi connectivity index (χ0) is 12.2. The lowest BCUT2D eigenvalue weighted by Gasteiger charge is -2.32. The highest BCUT2D eigenvalue weighted by atomic mass is 35.7. The Balaban J connectivity index is 2.22. The topological polar surface area (TPSA) is 49.9 Å². The zero-order valence-corrected chi connectivity index (χ0v) is 11.3. The Bertz CT molecular complexity index is 300. The van der Waals surface area contributed by atoms with Gasteiger partial charge < -0.3 is 4.74 Å². The Labute approximate surface area is 102 Å². The van der Waals surface area contributed by atoms with Gasteiger partial charge in [0, 0.05) is 43.4 Å². The fourth-order valence-electron chi connectivity index (χ4n) is 1.59. The van der Waals surface area contributed by atoms with E-state index in [9.17, 15) is 8.42 Å². The van der Waals surface area contributed by atoms with Gasteiger partial charge in [0.15, 0.2) is 0 Å². The molecule has 0 atom stereocenters. The lowest BCUT2D eigenvalue weighted by atomic mass is 10.3. The molecule has 1 rings (SSSR count). The first-order chi connectivity index (χ1) is 7.39. The van der Waals surface area contributed by atoms with Crippen LogP contribution in [0.4, 0.5) is 0 Å². The predicted octanol–water partition coefficient (Wildman–Crippen LogP) is 0.513. The molecule has 1 saturated heterocycles. The Morgan fingerprint density at radius 2 is 1.81 bits per heavy atom. The molecule has 16 heavy (non-hydrogen) atoms. The second-order valence-corrected chi connectivity index (χ2v) is 6.61. The van der Waals surface area contributed by atoms with Gasteiger partial charge in [-0.3, -0.25) is 4.90 Å². The molecular weight excluding hydrogens is 252 g/mol. The monoisotopic (exact) mass is 270 g/mol. The van der Waals surface area contributed by atoms with Gasteiger partial charge in [0.05, 0.1) is 12.7 Å². The minimum atomic E-state index is -3.54. The lowest BCUT2D eigenvalue weighted by Crippen LogP contribution is -2.48. The third kappa shape index (κ3) is 4.97. The van der Waals surface area contributed by atoms with Gasteiger partial charge in [-0.2, -0.15) is 12.7 Å². The molecule has 1 fully saturated rings. The van der Waals surface area contributed by atoms with Crippen LogP contribution in [0.3, 0.4) is 0 Å². The van der Waals surface area contributed by atoms with E-state index in [0.29, 0.717) is 32.8 Å². The standard InChI is InChI=1S/C9H19ClN2O3S/c1-9(2)15-8-7-11-3-5-12(6-4-11)16(10,13)14/h9H,3-8H2,1-2H3. The summed E-state index contributed by atoms with van der Waals surface area (Å²) >= 11 is 0. The van der Waals surface area contributed by atoms with Crippen molar-refractivity contribution in [2.45, 2.75) is 20.0 Å². The van der Waals surface area contributed by atoms with Crippen LogP contribution in [0.2, 0.25) is 0 Å². The highest BCUT2D eigenvalue weighted by Crippen LogP contribution is 2.10. The molecule has 1 heterocycles. The van der Waals surface area contributed by atoms with Gasteiger partial charge >= 0.3 is 0 Å². The molecule has 0 aromatic rings. The van der Waals surface area contributed by atoms with Crippen LogP contribution in [-0.2, 0) is 14.0 Å². The second kappa shape index (κ2) is 6.16. The summed E-state index contributed by atoms with van der Waals surface area (Å²) in [7, 11) is 1.72. The van der Waals surface area contributed by atoms with Gasteiger partial charge in [-0.1, -0.05) is 0 Å². The van der Waals surface area contributed by atoms with Crippen LogP contribution < -0.4 is 0 Å². The average molecular weight is 271 g/mol. The quantitative estimate of drug-likeness (QED) is 0.683. The van der Waals surface area contributed by atoms with E-state index in [-0.39, 0.29) is 6.10 Å². The molecule has 0 saturated carbocycles. The Kier molecular flexibility index (Phi) is 5.46. The van der Waals surface area contributed by atoms with E-state index in [1.54, 1.807) is 0 Å². The van der Waals surface area contributed by atoms with Crippen molar-refractivity contribution in [3.05, 3.63) is 0 Å². The van der Waals surface area contributed by atoms with E-state index in [1.807, 2.05) is 13.8 Å². The summed E-state index contributed by atoms with van der Waals surface area (Å²) in [6.45, 7) is 7.89. The lowest BCUT2D eigenvalue weighted by molar-refractivity contribution is 0.0522. The molecule has 0 spiro atoms. The molecule has 0 unspecified atom stereocenters. The van der Waals surface area contributed by atoms with Crippen LogP contribution >= 0.6 is 10.7 Å². The van der Waals surface area contributed by atoms with Gasteiger partial charge in [0.1, 0.15) is 0 Å².